The normalized spacial score (nSPS) is 16.8. The Kier molecular flexibility index (Phi) is 6.24. The highest BCUT2D eigenvalue weighted by atomic mass is 32.2. The van der Waals surface area contributed by atoms with Gasteiger partial charge in [0.1, 0.15) is 0 Å². The Balaban J connectivity index is 3.27. The lowest BCUT2D eigenvalue weighted by Gasteiger charge is -2.13. The minimum Gasteiger partial charge on any atom is -0.330 e. The maximum absolute atomic E-state index is 8.54. The molecule has 1 N–H and O–H groups in total. The molecule has 0 saturated carbocycles. The fraction of sp³-hybridized carbons (Fsp3) is 1.00. The summed E-state index contributed by atoms with van der Waals surface area (Å²) in [6, 6.07) is 0. The molecule has 0 bridgehead atoms. The number of hydrogen-bond donors (Lipinski definition) is 1. The fourth-order valence-electron chi connectivity index (χ4n) is 1.05. The van der Waals surface area contributed by atoms with Gasteiger partial charge in [-0.1, -0.05) is 27.2 Å². The summed E-state index contributed by atoms with van der Waals surface area (Å²) >= 11 is 0.962. The average Bonchev–Trinajstić information content (AvgIpc) is 1.88. The van der Waals surface area contributed by atoms with Gasteiger partial charge in [-0.15, -0.1) is 0 Å². The minimum atomic E-state index is 0.657. The molecule has 0 aromatic heterocycles. The van der Waals surface area contributed by atoms with Gasteiger partial charge in [-0.3, -0.25) is 0 Å². The van der Waals surface area contributed by atoms with Crippen LogP contribution in [0, 0.1) is 11.8 Å². The Hall–Kier alpha value is 0.310. The van der Waals surface area contributed by atoms with Crippen molar-refractivity contribution in [2.75, 3.05) is 5.75 Å². The van der Waals surface area contributed by atoms with Crippen molar-refractivity contribution in [3.63, 3.8) is 0 Å². The Morgan fingerprint density at radius 3 is 2.30 bits per heavy atom. The zero-order valence-electron chi connectivity index (χ0n) is 7.13. The second kappa shape index (κ2) is 6.05. The summed E-state index contributed by atoms with van der Waals surface area (Å²) in [4.78, 5) is 0. The molecule has 2 atom stereocenters. The largest absolute Gasteiger partial charge is 0.330 e. The van der Waals surface area contributed by atoms with Crippen LogP contribution in [0.15, 0.2) is 0 Å². The molecule has 0 aromatic rings. The lowest BCUT2D eigenvalue weighted by atomic mass is 9.97. The first-order chi connectivity index (χ1) is 4.70. The van der Waals surface area contributed by atoms with Gasteiger partial charge in [-0.2, -0.15) is 0 Å². The van der Waals surface area contributed by atoms with Crippen molar-refractivity contribution in [1.82, 2.24) is 0 Å². The first-order valence-electron chi connectivity index (χ1n) is 3.97. The second-order valence-electron chi connectivity index (χ2n) is 3.15. The summed E-state index contributed by atoms with van der Waals surface area (Å²) in [6.07, 6.45) is 2.49. The van der Waals surface area contributed by atoms with Crippen LogP contribution >= 0.6 is 12.0 Å². The van der Waals surface area contributed by atoms with Gasteiger partial charge in [0.05, 0.1) is 0 Å². The summed E-state index contributed by atoms with van der Waals surface area (Å²) in [5, 5.41) is 0. The number of hydrogen-bond acceptors (Lipinski definition) is 2. The Labute approximate surface area is 68.4 Å². The highest BCUT2D eigenvalue weighted by Crippen LogP contribution is 2.17. The molecular weight excluding hydrogens is 144 g/mol. The van der Waals surface area contributed by atoms with E-state index in [4.69, 9.17) is 4.55 Å². The molecule has 2 unspecified atom stereocenters. The first-order valence-corrected chi connectivity index (χ1v) is 4.91. The quantitative estimate of drug-likeness (QED) is 0.626. The first kappa shape index (κ1) is 10.3. The van der Waals surface area contributed by atoms with Crippen LogP contribution in [0.4, 0.5) is 0 Å². The topological polar surface area (TPSA) is 20.2 Å². The van der Waals surface area contributed by atoms with Gasteiger partial charge in [0.15, 0.2) is 0 Å². The standard InChI is InChI=1S/C8H18OS/c1-4-7(2)5-8(3)6-10-9/h7-9H,4-6H2,1-3H3. The molecule has 0 heterocycles. The highest BCUT2D eigenvalue weighted by molar-refractivity contribution is 7.93. The molecule has 0 rings (SSSR count). The molecule has 0 amide bonds. The molecule has 0 fully saturated rings. The molecule has 0 aliphatic rings. The van der Waals surface area contributed by atoms with E-state index in [9.17, 15) is 0 Å². The Bertz CT molecular complexity index is 75.7. The minimum absolute atomic E-state index is 0.657. The summed E-state index contributed by atoms with van der Waals surface area (Å²) in [5.74, 6) is 2.34. The molecule has 0 radical (unpaired) electrons. The molecule has 0 aromatic carbocycles. The van der Waals surface area contributed by atoms with Gasteiger partial charge in [-0.25, -0.2) is 0 Å². The zero-order valence-corrected chi connectivity index (χ0v) is 7.95. The molecule has 2 heteroatoms. The second-order valence-corrected chi connectivity index (χ2v) is 3.74. The van der Waals surface area contributed by atoms with Crippen LogP contribution < -0.4 is 0 Å². The van der Waals surface area contributed by atoms with E-state index in [0.717, 1.165) is 23.7 Å². The van der Waals surface area contributed by atoms with E-state index >= 15 is 0 Å². The van der Waals surface area contributed by atoms with Gasteiger partial charge >= 0.3 is 0 Å². The van der Waals surface area contributed by atoms with Crippen LogP contribution in [0.1, 0.15) is 33.6 Å². The van der Waals surface area contributed by atoms with E-state index in [1.807, 2.05) is 0 Å². The van der Waals surface area contributed by atoms with Gasteiger partial charge < -0.3 is 4.55 Å². The molecule has 62 valence electrons. The van der Waals surface area contributed by atoms with Crippen molar-refractivity contribution in [1.29, 1.82) is 0 Å². The molecule has 10 heavy (non-hydrogen) atoms. The van der Waals surface area contributed by atoms with Gasteiger partial charge in [0.2, 0.25) is 0 Å². The van der Waals surface area contributed by atoms with Gasteiger partial charge in [-0.05, 0) is 30.3 Å². The predicted octanol–water partition coefficient (Wildman–Crippen LogP) is 3.26. The van der Waals surface area contributed by atoms with Crippen molar-refractivity contribution in [2.24, 2.45) is 11.8 Å². The van der Waals surface area contributed by atoms with Crippen LogP contribution in [-0.2, 0) is 0 Å². The van der Waals surface area contributed by atoms with Crippen LogP contribution in [0.2, 0.25) is 0 Å². The Morgan fingerprint density at radius 1 is 1.30 bits per heavy atom. The zero-order chi connectivity index (χ0) is 7.98. The predicted molar refractivity (Wildman–Crippen MR) is 48.3 cm³/mol. The van der Waals surface area contributed by atoms with Crippen molar-refractivity contribution >= 4 is 12.0 Å². The summed E-state index contributed by atoms with van der Waals surface area (Å²) in [7, 11) is 0. The maximum Gasteiger partial charge on any atom is 0.0221 e. The van der Waals surface area contributed by atoms with Crippen molar-refractivity contribution in [3.05, 3.63) is 0 Å². The molecule has 0 saturated heterocycles. The van der Waals surface area contributed by atoms with Crippen molar-refractivity contribution in [2.45, 2.75) is 33.6 Å². The third-order valence-electron chi connectivity index (χ3n) is 1.86. The molecule has 0 aliphatic carbocycles. The Morgan fingerprint density at radius 2 is 1.90 bits per heavy atom. The SMILES string of the molecule is CCC(C)CC(C)CSO. The maximum atomic E-state index is 8.54. The van der Waals surface area contributed by atoms with Gasteiger partial charge in [0.25, 0.3) is 0 Å². The monoisotopic (exact) mass is 162 g/mol. The van der Waals surface area contributed by atoms with Crippen LogP contribution in [-0.4, -0.2) is 10.3 Å². The van der Waals surface area contributed by atoms with E-state index in [-0.39, 0.29) is 0 Å². The van der Waals surface area contributed by atoms with Crippen LogP contribution in [0.5, 0.6) is 0 Å². The number of rotatable bonds is 5. The van der Waals surface area contributed by atoms with Crippen molar-refractivity contribution in [3.8, 4) is 0 Å². The van der Waals surface area contributed by atoms with E-state index in [0.29, 0.717) is 5.92 Å². The van der Waals surface area contributed by atoms with Crippen molar-refractivity contribution < 1.29 is 4.55 Å². The van der Waals surface area contributed by atoms with E-state index in [1.165, 1.54) is 12.8 Å². The highest BCUT2D eigenvalue weighted by Gasteiger charge is 2.06. The average molecular weight is 162 g/mol. The van der Waals surface area contributed by atoms with Crippen LogP contribution in [0.25, 0.3) is 0 Å². The van der Waals surface area contributed by atoms with Crippen LogP contribution in [0.3, 0.4) is 0 Å². The molecule has 0 spiro atoms. The van der Waals surface area contributed by atoms with E-state index in [2.05, 4.69) is 20.8 Å². The van der Waals surface area contributed by atoms with E-state index < -0.39 is 0 Å². The van der Waals surface area contributed by atoms with Gasteiger partial charge in [0, 0.05) is 5.75 Å². The molecule has 0 aliphatic heterocycles. The lowest BCUT2D eigenvalue weighted by molar-refractivity contribution is 0.430. The lowest BCUT2D eigenvalue weighted by Crippen LogP contribution is -2.04. The fourth-order valence-corrected chi connectivity index (χ4v) is 1.44. The van der Waals surface area contributed by atoms with E-state index in [1.54, 1.807) is 0 Å². The summed E-state index contributed by atoms with van der Waals surface area (Å²) < 4.78 is 8.54. The summed E-state index contributed by atoms with van der Waals surface area (Å²) in [5.41, 5.74) is 0. The molecular formula is C8H18OS. The smallest absolute Gasteiger partial charge is 0.0221 e. The third kappa shape index (κ3) is 5.12. The third-order valence-corrected chi connectivity index (χ3v) is 2.58. The summed E-state index contributed by atoms with van der Waals surface area (Å²) in [6.45, 7) is 6.66. The molecule has 1 nitrogen and oxygen atoms in total.